The molecule has 3 heteroatoms. The number of benzene rings is 2. The van der Waals surface area contributed by atoms with E-state index >= 15 is 0 Å². The summed E-state index contributed by atoms with van der Waals surface area (Å²) in [6.45, 7) is 2.79. The normalized spacial score (nSPS) is 13.7. The Hall–Kier alpha value is -2.29. The Labute approximate surface area is 137 Å². The van der Waals surface area contributed by atoms with Crippen molar-refractivity contribution >= 4 is 5.91 Å². The van der Waals surface area contributed by atoms with Crippen LogP contribution in [0.5, 0.6) is 5.75 Å². The first-order valence-corrected chi connectivity index (χ1v) is 8.13. The summed E-state index contributed by atoms with van der Waals surface area (Å²) < 4.78 is 5.24. The summed E-state index contributed by atoms with van der Waals surface area (Å²) in [5.74, 6) is 0.995. The van der Waals surface area contributed by atoms with E-state index in [0.29, 0.717) is 19.0 Å². The molecule has 3 rings (SSSR count). The lowest BCUT2D eigenvalue weighted by Crippen LogP contribution is -2.33. The lowest BCUT2D eigenvalue weighted by molar-refractivity contribution is -0.131. The van der Waals surface area contributed by atoms with E-state index in [1.807, 2.05) is 29.2 Å². The predicted octanol–water partition coefficient (Wildman–Crippen LogP) is 3.74. The molecule has 0 radical (unpaired) electrons. The van der Waals surface area contributed by atoms with Crippen LogP contribution in [0, 0.1) is 6.92 Å². The maximum Gasteiger partial charge on any atom is 0.227 e. The Morgan fingerprint density at radius 2 is 1.87 bits per heavy atom. The number of carbonyl (C=O) groups excluding carboxylic acids is 1. The molecular formula is C20H23NO2. The van der Waals surface area contributed by atoms with E-state index in [4.69, 9.17) is 4.74 Å². The molecule has 0 N–H and O–H groups in total. The molecule has 1 saturated carbocycles. The van der Waals surface area contributed by atoms with Crippen LogP contribution in [0.15, 0.2) is 48.5 Å². The van der Waals surface area contributed by atoms with Gasteiger partial charge in [-0.25, -0.2) is 0 Å². The van der Waals surface area contributed by atoms with Crippen LogP contribution in [0.3, 0.4) is 0 Å². The highest BCUT2D eigenvalue weighted by Crippen LogP contribution is 2.29. The topological polar surface area (TPSA) is 29.5 Å². The molecule has 0 aromatic heterocycles. The number of amides is 1. The first-order valence-electron chi connectivity index (χ1n) is 8.13. The van der Waals surface area contributed by atoms with Crippen molar-refractivity contribution < 1.29 is 9.53 Å². The van der Waals surface area contributed by atoms with Crippen molar-refractivity contribution in [2.24, 2.45) is 0 Å². The van der Waals surface area contributed by atoms with Gasteiger partial charge in [-0.1, -0.05) is 42.0 Å². The average molecular weight is 309 g/mol. The van der Waals surface area contributed by atoms with E-state index in [9.17, 15) is 4.79 Å². The third-order valence-electron chi connectivity index (χ3n) is 4.23. The highest BCUT2D eigenvalue weighted by atomic mass is 16.5. The summed E-state index contributed by atoms with van der Waals surface area (Å²) in [4.78, 5) is 14.8. The molecule has 2 aromatic rings. The van der Waals surface area contributed by atoms with Gasteiger partial charge in [0.2, 0.25) is 5.91 Å². The fraction of sp³-hybridized carbons (Fsp3) is 0.350. The third kappa shape index (κ3) is 4.13. The second kappa shape index (κ2) is 6.86. The fourth-order valence-corrected chi connectivity index (χ4v) is 2.87. The number of aryl methyl sites for hydroxylation is 1. The molecule has 0 bridgehead atoms. The number of carbonyl (C=O) groups is 1. The van der Waals surface area contributed by atoms with Gasteiger partial charge in [0.1, 0.15) is 5.75 Å². The maximum atomic E-state index is 12.8. The Morgan fingerprint density at radius 3 is 2.57 bits per heavy atom. The van der Waals surface area contributed by atoms with Gasteiger partial charge in [-0.3, -0.25) is 4.79 Å². The van der Waals surface area contributed by atoms with E-state index in [0.717, 1.165) is 24.2 Å². The van der Waals surface area contributed by atoms with Crippen LogP contribution in [0.2, 0.25) is 0 Å². The molecule has 0 atom stereocenters. The van der Waals surface area contributed by atoms with E-state index in [1.165, 1.54) is 11.1 Å². The lowest BCUT2D eigenvalue weighted by Gasteiger charge is -2.23. The van der Waals surface area contributed by atoms with Crippen molar-refractivity contribution in [1.29, 1.82) is 0 Å². The smallest absolute Gasteiger partial charge is 0.227 e. The van der Waals surface area contributed by atoms with Crippen molar-refractivity contribution in [1.82, 2.24) is 4.90 Å². The van der Waals surface area contributed by atoms with Crippen molar-refractivity contribution in [3.8, 4) is 5.75 Å². The zero-order valence-corrected chi connectivity index (χ0v) is 13.8. The minimum Gasteiger partial charge on any atom is -0.497 e. The molecule has 3 nitrogen and oxygen atoms in total. The van der Waals surface area contributed by atoms with Crippen LogP contribution >= 0.6 is 0 Å². The van der Waals surface area contributed by atoms with Gasteiger partial charge in [-0.05, 0) is 43.0 Å². The number of hydrogen-bond acceptors (Lipinski definition) is 2. The van der Waals surface area contributed by atoms with Gasteiger partial charge >= 0.3 is 0 Å². The zero-order valence-electron chi connectivity index (χ0n) is 13.8. The largest absolute Gasteiger partial charge is 0.497 e. The molecular weight excluding hydrogens is 286 g/mol. The summed E-state index contributed by atoms with van der Waals surface area (Å²) in [6.07, 6.45) is 2.67. The summed E-state index contributed by atoms with van der Waals surface area (Å²) in [5.41, 5.74) is 3.44. The molecule has 1 aliphatic carbocycles. The Balaban J connectivity index is 1.71. The molecule has 0 aliphatic heterocycles. The summed E-state index contributed by atoms with van der Waals surface area (Å²) >= 11 is 0. The Bertz CT molecular complexity index is 692. The van der Waals surface area contributed by atoms with E-state index in [1.54, 1.807) is 7.11 Å². The SMILES string of the molecule is COc1cccc(CC(=O)N(Cc2cccc(C)c2)C2CC2)c1. The Kier molecular flexibility index (Phi) is 4.65. The lowest BCUT2D eigenvalue weighted by atomic mass is 10.1. The van der Waals surface area contributed by atoms with Gasteiger partial charge in [-0.15, -0.1) is 0 Å². The third-order valence-corrected chi connectivity index (χ3v) is 4.23. The van der Waals surface area contributed by atoms with Crippen molar-refractivity contribution in [3.63, 3.8) is 0 Å². The van der Waals surface area contributed by atoms with Gasteiger partial charge in [-0.2, -0.15) is 0 Å². The monoisotopic (exact) mass is 309 g/mol. The number of hydrogen-bond donors (Lipinski definition) is 0. The fourth-order valence-electron chi connectivity index (χ4n) is 2.87. The van der Waals surface area contributed by atoms with Crippen LogP contribution in [-0.4, -0.2) is 24.0 Å². The van der Waals surface area contributed by atoms with E-state index in [2.05, 4.69) is 31.2 Å². The Morgan fingerprint density at radius 1 is 1.13 bits per heavy atom. The molecule has 23 heavy (non-hydrogen) atoms. The standard InChI is InChI=1S/C20H23NO2/c1-15-5-3-7-17(11-15)14-21(18-9-10-18)20(22)13-16-6-4-8-19(12-16)23-2/h3-8,11-12,18H,9-10,13-14H2,1-2H3. The van der Waals surface area contributed by atoms with E-state index in [-0.39, 0.29) is 5.91 Å². The van der Waals surface area contributed by atoms with Crippen LogP contribution in [0.1, 0.15) is 29.5 Å². The molecule has 120 valence electrons. The number of methoxy groups -OCH3 is 1. The van der Waals surface area contributed by atoms with Crippen molar-refractivity contribution in [3.05, 3.63) is 65.2 Å². The first kappa shape index (κ1) is 15.6. The van der Waals surface area contributed by atoms with Crippen LogP contribution in [0.25, 0.3) is 0 Å². The summed E-state index contributed by atoms with van der Waals surface area (Å²) in [5, 5.41) is 0. The van der Waals surface area contributed by atoms with Gasteiger partial charge in [0.05, 0.1) is 13.5 Å². The molecule has 1 aliphatic rings. The first-order chi connectivity index (χ1) is 11.2. The second-order valence-corrected chi connectivity index (χ2v) is 6.27. The van der Waals surface area contributed by atoms with E-state index < -0.39 is 0 Å². The minimum absolute atomic E-state index is 0.197. The molecule has 0 spiro atoms. The number of rotatable bonds is 6. The second-order valence-electron chi connectivity index (χ2n) is 6.27. The quantitative estimate of drug-likeness (QED) is 0.813. The zero-order chi connectivity index (χ0) is 16.2. The highest BCUT2D eigenvalue weighted by molar-refractivity contribution is 5.79. The minimum atomic E-state index is 0.197. The van der Waals surface area contributed by atoms with Gasteiger partial charge < -0.3 is 9.64 Å². The van der Waals surface area contributed by atoms with Crippen molar-refractivity contribution in [2.45, 2.75) is 38.8 Å². The number of ether oxygens (including phenoxy) is 1. The summed E-state index contributed by atoms with van der Waals surface area (Å²) in [6, 6.07) is 16.6. The predicted molar refractivity (Wildman–Crippen MR) is 91.4 cm³/mol. The summed E-state index contributed by atoms with van der Waals surface area (Å²) in [7, 11) is 1.65. The highest BCUT2D eigenvalue weighted by Gasteiger charge is 2.32. The van der Waals surface area contributed by atoms with Crippen molar-refractivity contribution in [2.75, 3.05) is 7.11 Å². The van der Waals surface area contributed by atoms with Crippen LogP contribution < -0.4 is 4.74 Å². The number of nitrogens with zero attached hydrogens (tertiary/aromatic N) is 1. The van der Waals surface area contributed by atoms with Gasteiger partial charge in [0.15, 0.2) is 0 Å². The average Bonchev–Trinajstić information content (AvgIpc) is 3.37. The maximum absolute atomic E-state index is 12.8. The molecule has 2 aromatic carbocycles. The van der Waals surface area contributed by atoms with Crippen LogP contribution in [0.4, 0.5) is 0 Å². The molecule has 1 fully saturated rings. The van der Waals surface area contributed by atoms with Gasteiger partial charge in [0, 0.05) is 12.6 Å². The molecule has 0 heterocycles. The molecule has 0 saturated heterocycles. The molecule has 1 amide bonds. The van der Waals surface area contributed by atoms with Gasteiger partial charge in [0.25, 0.3) is 0 Å². The molecule has 0 unspecified atom stereocenters. The van der Waals surface area contributed by atoms with Crippen LogP contribution in [-0.2, 0) is 17.8 Å².